The number of para-hydroxylation sites is 2. The Balaban J connectivity index is 1.59. The highest BCUT2D eigenvalue weighted by atomic mass is 16.6. The van der Waals surface area contributed by atoms with Crippen LogP contribution in [0, 0.1) is 0 Å². The van der Waals surface area contributed by atoms with Crippen molar-refractivity contribution < 1.29 is 19.4 Å². The summed E-state index contributed by atoms with van der Waals surface area (Å²) in [5.74, 6) is 0.891. The molecular weight excluding hydrogens is 284 g/mol. The molecule has 1 atom stereocenters. The van der Waals surface area contributed by atoms with Gasteiger partial charge in [-0.15, -0.1) is 0 Å². The lowest BCUT2D eigenvalue weighted by Crippen LogP contribution is -2.42. The third-order valence-corrected chi connectivity index (χ3v) is 3.06. The van der Waals surface area contributed by atoms with Crippen LogP contribution < -0.4 is 14.9 Å². The molecule has 2 N–H and O–H groups in total. The van der Waals surface area contributed by atoms with Crippen molar-refractivity contribution in [1.29, 1.82) is 0 Å². The van der Waals surface area contributed by atoms with E-state index in [4.69, 9.17) is 9.47 Å². The number of carbonyl (C=O) groups is 1. The third kappa shape index (κ3) is 3.17. The lowest BCUT2D eigenvalue weighted by Gasteiger charge is -2.24. The highest BCUT2D eigenvalue weighted by Gasteiger charge is 2.26. The van der Waals surface area contributed by atoms with E-state index in [1.807, 2.05) is 12.1 Å². The van der Waals surface area contributed by atoms with Crippen LogP contribution in [0.25, 0.3) is 0 Å². The number of fused-ring (bicyclic) bond motifs is 1. The number of phenols is 1. The van der Waals surface area contributed by atoms with Crippen molar-refractivity contribution in [1.82, 2.24) is 5.43 Å². The number of carbonyl (C=O) groups excluding carboxylic acids is 1. The molecule has 3 rings (SSSR count). The number of nitrogens with one attached hydrogen (secondary N) is 1. The molecule has 6 heteroatoms. The molecule has 1 aliphatic rings. The molecule has 0 saturated heterocycles. The smallest absolute Gasteiger partial charge is 0.284 e. The lowest BCUT2D eigenvalue weighted by atomic mass is 10.2. The molecule has 2 aromatic carbocycles. The van der Waals surface area contributed by atoms with Gasteiger partial charge in [0, 0.05) is 0 Å². The first-order valence-corrected chi connectivity index (χ1v) is 6.73. The summed E-state index contributed by atoms with van der Waals surface area (Å²) in [6, 6.07) is 13.7. The number of amides is 1. The number of aromatic hydroxyl groups is 1. The van der Waals surface area contributed by atoms with E-state index in [-0.39, 0.29) is 12.4 Å². The second kappa shape index (κ2) is 6.17. The van der Waals surface area contributed by atoms with Crippen molar-refractivity contribution >= 4 is 12.1 Å². The van der Waals surface area contributed by atoms with Gasteiger partial charge in [0.2, 0.25) is 6.10 Å². The van der Waals surface area contributed by atoms with Crippen molar-refractivity contribution in [3.05, 3.63) is 54.1 Å². The Morgan fingerprint density at radius 3 is 2.86 bits per heavy atom. The first kappa shape index (κ1) is 13.9. The Kier molecular flexibility index (Phi) is 3.91. The number of hydrogen-bond acceptors (Lipinski definition) is 5. The molecule has 0 spiro atoms. The lowest BCUT2D eigenvalue weighted by molar-refractivity contribution is -0.130. The number of nitrogens with zero attached hydrogens (tertiary/aromatic N) is 1. The van der Waals surface area contributed by atoms with E-state index in [9.17, 15) is 9.90 Å². The first-order chi connectivity index (χ1) is 10.7. The molecule has 1 amide bonds. The molecule has 1 unspecified atom stereocenters. The molecule has 2 aromatic rings. The Hall–Kier alpha value is -3.02. The summed E-state index contributed by atoms with van der Waals surface area (Å²) in [4.78, 5) is 12.0. The minimum absolute atomic E-state index is 0.129. The van der Waals surface area contributed by atoms with Crippen LogP contribution in [0.3, 0.4) is 0 Å². The summed E-state index contributed by atoms with van der Waals surface area (Å²) in [5.41, 5.74) is 3.07. The van der Waals surface area contributed by atoms with Gasteiger partial charge in [-0.3, -0.25) is 4.79 Å². The van der Waals surface area contributed by atoms with Crippen molar-refractivity contribution in [3.63, 3.8) is 0 Å². The minimum atomic E-state index is -0.753. The predicted molar refractivity (Wildman–Crippen MR) is 80.2 cm³/mol. The zero-order valence-corrected chi connectivity index (χ0v) is 11.6. The van der Waals surface area contributed by atoms with Crippen LogP contribution in [0.1, 0.15) is 5.56 Å². The van der Waals surface area contributed by atoms with E-state index in [0.717, 1.165) is 0 Å². The molecule has 0 saturated carbocycles. The van der Waals surface area contributed by atoms with E-state index >= 15 is 0 Å². The molecule has 1 aliphatic heterocycles. The fourth-order valence-corrected chi connectivity index (χ4v) is 2.00. The fourth-order valence-electron chi connectivity index (χ4n) is 2.00. The van der Waals surface area contributed by atoms with Gasteiger partial charge in [0.05, 0.1) is 6.21 Å². The molecule has 0 aliphatic carbocycles. The molecule has 112 valence electrons. The van der Waals surface area contributed by atoms with Crippen LogP contribution >= 0.6 is 0 Å². The second-order valence-electron chi connectivity index (χ2n) is 4.69. The second-order valence-corrected chi connectivity index (χ2v) is 4.69. The molecule has 0 fully saturated rings. The molecule has 22 heavy (non-hydrogen) atoms. The predicted octanol–water partition coefficient (Wildman–Crippen LogP) is 1.68. The van der Waals surface area contributed by atoms with Gasteiger partial charge in [-0.25, -0.2) is 5.43 Å². The minimum Gasteiger partial charge on any atom is -0.508 e. The van der Waals surface area contributed by atoms with Crippen LogP contribution in [-0.4, -0.2) is 29.9 Å². The zero-order chi connectivity index (χ0) is 15.4. The van der Waals surface area contributed by atoms with Gasteiger partial charge >= 0.3 is 0 Å². The highest BCUT2D eigenvalue weighted by Crippen LogP contribution is 2.30. The number of phenolic OH excluding ortho intramolecular Hbond substituents is 1. The number of hydrogen-bond donors (Lipinski definition) is 2. The third-order valence-electron chi connectivity index (χ3n) is 3.06. The van der Waals surface area contributed by atoms with E-state index in [2.05, 4.69) is 10.5 Å². The van der Waals surface area contributed by atoms with E-state index < -0.39 is 12.0 Å². The number of benzene rings is 2. The largest absolute Gasteiger partial charge is 0.508 e. The van der Waals surface area contributed by atoms with Gasteiger partial charge in [-0.05, 0) is 29.8 Å². The van der Waals surface area contributed by atoms with E-state index in [0.29, 0.717) is 17.1 Å². The summed E-state index contributed by atoms with van der Waals surface area (Å²) in [6.07, 6.45) is 0.686. The van der Waals surface area contributed by atoms with E-state index in [1.165, 1.54) is 12.3 Å². The van der Waals surface area contributed by atoms with Gasteiger partial charge in [-0.1, -0.05) is 24.3 Å². The Bertz CT molecular complexity index is 715. The van der Waals surface area contributed by atoms with E-state index in [1.54, 1.807) is 30.3 Å². The van der Waals surface area contributed by atoms with Crippen molar-refractivity contribution in [2.45, 2.75) is 6.10 Å². The maximum atomic E-state index is 12.0. The van der Waals surface area contributed by atoms with Crippen LogP contribution in [-0.2, 0) is 4.79 Å². The average Bonchev–Trinajstić information content (AvgIpc) is 2.54. The van der Waals surface area contributed by atoms with Crippen LogP contribution in [0.15, 0.2) is 53.6 Å². The average molecular weight is 298 g/mol. The van der Waals surface area contributed by atoms with Crippen molar-refractivity contribution in [2.24, 2.45) is 5.10 Å². The Labute approximate surface area is 127 Å². The summed E-state index contributed by atoms with van der Waals surface area (Å²) >= 11 is 0. The highest BCUT2D eigenvalue weighted by molar-refractivity contribution is 5.85. The molecular formula is C16H14N2O4. The molecule has 0 bridgehead atoms. The topological polar surface area (TPSA) is 80.2 Å². The van der Waals surface area contributed by atoms with Crippen molar-refractivity contribution in [3.8, 4) is 17.2 Å². The molecule has 0 aromatic heterocycles. The van der Waals surface area contributed by atoms with Crippen molar-refractivity contribution in [2.75, 3.05) is 6.61 Å². The van der Waals surface area contributed by atoms with Gasteiger partial charge in [0.1, 0.15) is 12.4 Å². The maximum Gasteiger partial charge on any atom is 0.284 e. The van der Waals surface area contributed by atoms with Crippen LogP contribution in [0.2, 0.25) is 0 Å². The monoisotopic (exact) mass is 298 g/mol. The Morgan fingerprint density at radius 2 is 2.05 bits per heavy atom. The summed E-state index contributed by atoms with van der Waals surface area (Å²) in [6.45, 7) is 0.129. The summed E-state index contributed by atoms with van der Waals surface area (Å²) in [7, 11) is 0. The SMILES string of the molecule is O=C(NN=Cc1cccc(O)c1)C1COc2ccccc2O1. The number of rotatable bonds is 3. The van der Waals surface area contributed by atoms with Crippen LogP contribution in [0.5, 0.6) is 17.2 Å². The number of hydrazone groups is 1. The van der Waals surface area contributed by atoms with Gasteiger partial charge in [0.25, 0.3) is 5.91 Å². The molecule has 6 nitrogen and oxygen atoms in total. The zero-order valence-electron chi connectivity index (χ0n) is 11.6. The standard InChI is InChI=1S/C16H14N2O4/c19-12-5-3-4-11(8-12)9-17-18-16(20)15-10-21-13-6-1-2-7-14(13)22-15/h1-9,15,19H,10H2,(H,18,20). The maximum absolute atomic E-state index is 12.0. The van der Waals surface area contributed by atoms with Gasteiger partial charge in [0.15, 0.2) is 11.5 Å². The summed E-state index contributed by atoms with van der Waals surface area (Å²) in [5, 5.41) is 13.2. The van der Waals surface area contributed by atoms with Gasteiger partial charge < -0.3 is 14.6 Å². The summed E-state index contributed by atoms with van der Waals surface area (Å²) < 4.78 is 11.0. The fraction of sp³-hybridized carbons (Fsp3) is 0.125. The molecule has 0 radical (unpaired) electrons. The molecule has 1 heterocycles. The normalized spacial score (nSPS) is 16.5. The first-order valence-electron chi connectivity index (χ1n) is 6.73. The van der Waals surface area contributed by atoms with Crippen LogP contribution in [0.4, 0.5) is 0 Å². The van der Waals surface area contributed by atoms with Gasteiger partial charge in [-0.2, -0.15) is 5.10 Å². The quantitative estimate of drug-likeness (QED) is 0.667. The number of ether oxygens (including phenoxy) is 2. The Morgan fingerprint density at radius 1 is 1.23 bits per heavy atom.